The fourth-order valence-electron chi connectivity index (χ4n) is 2.40. The Morgan fingerprint density at radius 1 is 1.28 bits per heavy atom. The minimum atomic E-state index is -3.16. The summed E-state index contributed by atoms with van der Waals surface area (Å²) < 4.78 is 27.0. The fourth-order valence-corrected chi connectivity index (χ4v) is 4.90. The van der Waals surface area contributed by atoms with Crippen LogP contribution in [-0.2, 0) is 16.6 Å². The summed E-state index contributed by atoms with van der Waals surface area (Å²) in [6, 6.07) is 0. The number of sulfonamides is 1. The number of aryl methyl sites for hydroxylation is 2. The van der Waals surface area contributed by atoms with Crippen molar-refractivity contribution in [3.63, 3.8) is 0 Å². The third-order valence-electron chi connectivity index (χ3n) is 3.42. The third kappa shape index (κ3) is 3.30. The first-order chi connectivity index (χ1) is 8.49. The zero-order valence-electron chi connectivity index (χ0n) is 10.9. The number of hydrogen-bond donors (Lipinski definition) is 1. The first-order valence-corrected chi connectivity index (χ1v) is 8.77. The van der Waals surface area contributed by atoms with Crippen LogP contribution >= 0.6 is 11.3 Å². The third-order valence-corrected chi connectivity index (χ3v) is 6.39. The summed E-state index contributed by atoms with van der Waals surface area (Å²) in [5, 5.41) is 0.792. The summed E-state index contributed by atoms with van der Waals surface area (Å²) in [6.45, 7) is 4.25. The molecule has 18 heavy (non-hydrogen) atoms. The molecule has 4 nitrogen and oxygen atoms in total. The number of aromatic nitrogens is 1. The lowest BCUT2D eigenvalue weighted by Crippen LogP contribution is -2.35. The van der Waals surface area contributed by atoms with Gasteiger partial charge in [0.15, 0.2) is 0 Å². The molecule has 0 saturated heterocycles. The Labute approximate surface area is 113 Å². The van der Waals surface area contributed by atoms with Gasteiger partial charge in [-0.2, -0.15) is 0 Å². The maximum Gasteiger partial charge on any atom is 0.214 e. The van der Waals surface area contributed by atoms with Gasteiger partial charge in [0.05, 0.1) is 16.0 Å². The smallest absolute Gasteiger partial charge is 0.214 e. The molecule has 6 heteroatoms. The van der Waals surface area contributed by atoms with Crippen molar-refractivity contribution in [3.8, 4) is 0 Å². The Balaban J connectivity index is 1.98. The molecule has 1 heterocycles. The van der Waals surface area contributed by atoms with Gasteiger partial charge in [0.25, 0.3) is 0 Å². The van der Waals surface area contributed by atoms with Gasteiger partial charge in [-0.05, 0) is 26.7 Å². The standard InChI is InChI=1S/C12H20N2O2S2/c1-9-12(17-10(2)14-9)8-13-18(15,16)11-6-4-3-5-7-11/h11,13H,3-8H2,1-2H3. The van der Waals surface area contributed by atoms with Gasteiger partial charge in [0.2, 0.25) is 10.0 Å². The van der Waals surface area contributed by atoms with Gasteiger partial charge >= 0.3 is 0 Å². The molecule has 1 fully saturated rings. The highest BCUT2D eigenvalue weighted by Crippen LogP contribution is 2.24. The van der Waals surface area contributed by atoms with Crippen molar-refractivity contribution in [3.05, 3.63) is 15.6 Å². The predicted molar refractivity (Wildman–Crippen MR) is 74.2 cm³/mol. The van der Waals surface area contributed by atoms with Crippen molar-refractivity contribution in [2.75, 3.05) is 0 Å². The van der Waals surface area contributed by atoms with Crippen LogP contribution in [0.5, 0.6) is 0 Å². The van der Waals surface area contributed by atoms with Gasteiger partial charge in [-0.25, -0.2) is 18.1 Å². The average molecular weight is 288 g/mol. The van der Waals surface area contributed by atoms with Crippen LogP contribution in [0.3, 0.4) is 0 Å². The van der Waals surface area contributed by atoms with Crippen molar-refractivity contribution in [1.82, 2.24) is 9.71 Å². The minimum Gasteiger partial charge on any atom is -0.247 e. The number of nitrogens with zero attached hydrogens (tertiary/aromatic N) is 1. The molecule has 0 aromatic carbocycles. The predicted octanol–water partition coefficient (Wildman–Crippen LogP) is 2.51. The highest BCUT2D eigenvalue weighted by Gasteiger charge is 2.27. The molecule has 1 aliphatic carbocycles. The first-order valence-electron chi connectivity index (χ1n) is 6.40. The van der Waals surface area contributed by atoms with Gasteiger partial charge in [-0.3, -0.25) is 0 Å². The van der Waals surface area contributed by atoms with E-state index >= 15 is 0 Å². The van der Waals surface area contributed by atoms with Crippen LogP contribution in [0, 0.1) is 13.8 Å². The molecule has 0 atom stereocenters. The van der Waals surface area contributed by atoms with Gasteiger partial charge in [-0.1, -0.05) is 19.3 Å². The number of nitrogens with one attached hydrogen (secondary N) is 1. The molecule has 1 N–H and O–H groups in total. The Morgan fingerprint density at radius 2 is 1.94 bits per heavy atom. The van der Waals surface area contributed by atoms with Crippen molar-refractivity contribution in [1.29, 1.82) is 0 Å². The molecular formula is C12H20N2O2S2. The van der Waals surface area contributed by atoms with Crippen molar-refractivity contribution in [2.45, 2.75) is 57.7 Å². The lowest BCUT2D eigenvalue weighted by atomic mass is 10.0. The Hall–Kier alpha value is -0.460. The van der Waals surface area contributed by atoms with E-state index in [-0.39, 0.29) is 5.25 Å². The van der Waals surface area contributed by atoms with Crippen LogP contribution in [0.2, 0.25) is 0 Å². The van der Waals surface area contributed by atoms with Crippen molar-refractivity contribution >= 4 is 21.4 Å². The summed E-state index contributed by atoms with van der Waals surface area (Å²) in [6.07, 6.45) is 4.83. The second-order valence-corrected chi connectivity index (χ2v) is 8.20. The number of hydrogen-bond acceptors (Lipinski definition) is 4. The highest BCUT2D eigenvalue weighted by molar-refractivity contribution is 7.90. The average Bonchev–Trinajstić information content (AvgIpc) is 2.67. The van der Waals surface area contributed by atoms with Crippen molar-refractivity contribution in [2.24, 2.45) is 0 Å². The fraction of sp³-hybridized carbons (Fsp3) is 0.750. The molecule has 1 aromatic heterocycles. The van der Waals surface area contributed by atoms with Crippen molar-refractivity contribution < 1.29 is 8.42 Å². The van der Waals surface area contributed by atoms with Gasteiger partial charge < -0.3 is 0 Å². The van der Waals surface area contributed by atoms with Crippen LogP contribution in [0.1, 0.15) is 47.7 Å². The van der Waals surface area contributed by atoms with Crippen LogP contribution in [0.15, 0.2) is 0 Å². The molecular weight excluding hydrogens is 268 g/mol. The quantitative estimate of drug-likeness (QED) is 0.926. The van der Waals surface area contributed by atoms with E-state index < -0.39 is 10.0 Å². The van der Waals surface area contributed by atoms with Gasteiger partial charge in [-0.15, -0.1) is 11.3 Å². The lowest BCUT2D eigenvalue weighted by molar-refractivity contribution is 0.477. The molecule has 0 aliphatic heterocycles. The highest BCUT2D eigenvalue weighted by atomic mass is 32.2. The maximum absolute atomic E-state index is 12.2. The van der Waals surface area contributed by atoms with Gasteiger partial charge in [0.1, 0.15) is 0 Å². The van der Waals surface area contributed by atoms with E-state index in [0.717, 1.165) is 41.3 Å². The molecule has 2 rings (SSSR count). The van der Waals surface area contributed by atoms with Gasteiger partial charge in [0, 0.05) is 11.4 Å². The van der Waals surface area contributed by atoms with E-state index in [2.05, 4.69) is 9.71 Å². The molecule has 1 saturated carbocycles. The Kier molecular flexibility index (Phi) is 4.40. The molecule has 1 aliphatic rings. The van der Waals surface area contributed by atoms with Crippen LogP contribution in [-0.4, -0.2) is 18.7 Å². The zero-order chi connectivity index (χ0) is 13.2. The number of rotatable bonds is 4. The van der Waals surface area contributed by atoms with E-state index in [0.29, 0.717) is 6.54 Å². The summed E-state index contributed by atoms with van der Waals surface area (Å²) in [4.78, 5) is 5.33. The molecule has 102 valence electrons. The summed E-state index contributed by atoms with van der Waals surface area (Å²) >= 11 is 1.56. The molecule has 1 aromatic rings. The topological polar surface area (TPSA) is 59.1 Å². The van der Waals surface area contributed by atoms with Crippen LogP contribution in [0.25, 0.3) is 0 Å². The van der Waals surface area contributed by atoms with E-state index in [4.69, 9.17) is 0 Å². The second kappa shape index (κ2) is 5.67. The summed E-state index contributed by atoms with van der Waals surface area (Å²) in [7, 11) is -3.16. The summed E-state index contributed by atoms with van der Waals surface area (Å²) in [5.41, 5.74) is 0.934. The Morgan fingerprint density at radius 3 is 2.50 bits per heavy atom. The molecule has 0 amide bonds. The first kappa shape index (κ1) is 14.0. The normalized spacial score (nSPS) is 18.1. The number of thiazole rings is 1. The van der Waals surface area contributed by atoms with Crippen LogP contribution < -0.4 is 4.72 Å². The van der Waals surface area contributed by atoms with Crippen LogP contribution in [0.4, 0.5) is 0 Å². The Bertz CT molecular complexity index is 502. The molecule has 0 radical (unpaired) electrons. The minimum absolute atomic E-state index is 0.194. The van der Waals surface area contributed by atoms with E-state index in [1.54, 1.807) is 11.3 Å². The second-order valence-electron chi connectivity index (χ2n) is 4.87. The summed E-state index contributed by atoms with van der Waals surface area (Å²) in [5.74, 6) is 0. The van der Waals surface area contributed by atoms with E-state index in [1.807, 2.05) is 13.8 Å². The maximum atomic E-state index is 12.2. The molecule has 0 unspecified atom stereocenters. The SMILES string of the molecule is Cc1nc(C)c(CNS(=O)(=O)C2CCCCC2)s1. The lowest BCUT2D eigenvalue weighted by Gasteiger charge is -2.21. The largest absolute Gasteiger partial charge is 0.247 e. The zero-order valence-corrected chi connectivity index (χ0v) is 12.5. The molecule has 0 bridgehead atoms. The monoisotopic (exact) mass is 288 g/mol. The van der Waals surface area contributed by atoms with E-state index in [9.17, 15) is 8.42 Å². The molecule has 0 spiro atoms. The van der Waals surface area contributed by atoms with E-state index in [1.165, 1.54) is 6.42 Å².